The fraction of sp³-hybridized carbons (Fsp3) is 0.929. The van der Waals surface area contributed by atoms with Gasteiger partial charge in [-0.3, -0.25) is 0 Å². The molecule has 0 aromatic rings. The minimum atomic E-state index is -1.09. The minimum Gasteiger partial charge on any atom is -0.394 e. The van der Waals surface area contributed by atoms with Crippen LogP contribution in [0.3, 0.4) is 0 Å². The summed E-state index contributed by atoms with van der Waals surface area (Å²) >= 11 is 0. The Morgan fingerprint density at radius 1 is 1.20 bits per heavy atom. The molecule has 1 rings (SSSR count). The quantitative estimate of drug-likeness (QED) is 0.554. The lowest BCUT2D eigenvalue weighted by Gasteiger charge is -2.40. The summed E-state index contributed by atoms with van der Waals surface area (Å²) in [5, 5.41) is 28.7. The van der Waals surface area contributed by atoms with Gasteiger partial charge in [-0.05, 0) is 19.8 Å². The maximum Gasteiger partial charge on any atom is 0.163 e. The SMILES string of the molecule is CC(=O)CCCCCO[C@@H]1OC(CO)[C@H](O)C(O)[C@@H]1C. The van der Waals surface area contributed by atoms with Crippen molar-refractivity contribution in [3.63, 3.8) is 0 Å². The molecule has 1 aliphatic heterocycles. The number of aliphatic hydroxyl groups is 3. The van der Waals surface area contributed by atoms with E-state index in [2.05, 4.69) is 0 Å². The zero-order valence-corrected chi connectivity index (χ0v) is 12.2. The molecule has 118 valence electrons. The zero-order chi connectivity index (χ0) is 15.1. The molecule has 5 atom stereocenters. The molecule has 1 saturated heterocycles. The van der Waals surface area contributed by atoms with Crippen molar-refractivity contribution in [2.45, 2.75) is 64.1 Å². The molecule has 0 aromatic carbocycles. The van der Waals surface area contributed by atoms with Gasteiger partial charge < -0.3 is 29.6 Å². The number of carbonyl (C=O) groups is 1. The number of aliphatic hydroxyl groups excluding tert-OH is 3. The van der Waals surface area contributed by atoms with Crippen LogP contribution in [-0.4, -0.2) is 58.9 Å². The molecular weight excluding hydrogens is 264 g/mol. The molecule has 0 spiro atoms. The molecule has 1 heterocycles. The second-order valence-electron chi connectivity index (χ2n) is 5.45. The van der Waals surface area contributed by atoms with E-state index >= 15 is 0 Å². The molecule has 2 unspecified atom stereocenters. The number of hydrogen-bond acceptors (Lipinski definition) is 6. The Labute approximate surface area is 119 Å². The van der Waals surface area contributed by atoms with Crippen LogP contribution in [0.5, 0.6) is 0 Å². The van der Waals surface area contributed by atoms with Crippen LogP contribution >= 0.6 is 0 Å². The fourth-order valence-corrected chi connectivity index (χ4v) is 2.26. The summed E-state index contributed by atoms with van der Waals surface area (Å²) < 4.78 is 11.0. The number of ether oxygens (including phenoxy) is 2. The average molecular weight is 290 g/mol. The summed E-state index contributed by atoms with van der Waals surface area (Å²) in [5.74, 6) is -0.164. The lowest BCUT2D eigenvalue weighted by molar-refractivity contribution is -0.282. The molecule has 20 heavy (non-hydrogen) atoms. The Bertz CT molecular complexity index is 293. The van der Waals surface area contributed by atoms with Gasteiger partial charge in [0.1, 0.15) is 18.0 Å². The van der Waals surface area contributed by atoms with Crippen molar-refractivity contribution in [2.75, 3.05) is 13.2 Å². The predicted octanol–water partition coefficient (Wildman–Crippen LogP) is 0.227. The molecule has 0 radical (unpaired) electrons. The lowest BCUT2D eigenvalue weighted by atomic mass is 9.92. The Morgan fingerprint density at radius 3 is 2.50 bits per heavy atom. The van der Waals surface area contributed by atoms with E-state index in [0.29, 0.717) is 13.0 Å². The molecule has 1 aliphatic rings. The van der Waals surface area contributed by atoms with E-state index in [4.69, 9.17) is 14.6 Å². The Kier molecular flexibility index (Phi) is 7.61. The van der Waals surface area contributed by atoms with Crippen molar-refractivity contribution in [1.82, 2.24) is 0 Å². The molecule has 0 amide bonds. The van der Waals surface area contributed by atoms with Gasteiger partial charge in [0.05, 0.1) is 12.7 Å². The smallest absolute Gasteiger partial charge is 0.163 e. The van der Waals surface area contributed by atoms with Crippen LogP contribution < -0.4 is 0 Å². The topological polar surface area (TPSA) is 96.2 Å². The van der Waals surface area contributed by atoms with E-state index < -0.39 is 24.6 Å². The van der Waals surface area contributed by atoms with E-state index in [1.165, 1.54) is 0 Å². The first kappa shape index (κ1) is 17.5. The van der Waals surface area contributed by atoms with Gasteiger partial charge in [0.2, 0.25) is 0 Å². The summed E-state index contributed by atoms with van der Waals surface area (Å²) in [7, 11) is 0. The summed E-state index contributed by atoms with van der Waals surface area (Å²) in [5.41, 5.74) is 0. The van der Waals surface area contributed by atoms with E-state index in [9.17, 15) is 15.0 Å². The second kappa shape index (κ2) is 8.69. The number of Topliss-reactive ketones (excluding diaryl/α,β-unsaturated/α-hetero) is 1. The van der Waals surface area contributed by atoms with Crippen molar-refractivity contribution in [2.24, 2.45) is 5.92 Å². The molecular formula is C14H26O6. The lowest BCUT2D eigenvalue weighted by Crippen LogP contribution is -2.55. The number of unbranched alkanes of at least 4 members (excludes halogenated alkanes) is 2. The van der Waals surface area contributed by atoms with Gasteiger partial charge >= 0.3 is 0 Å². The van der Waals surface area contributed by atoms with Crippen molar-refractivity contribution < 1.29 is 29.6 Å². The van der Waals surface area contributed by atoms with E-state index in [0.717, 1.165) is 19.3 Å². The fourth-order valence-electron chi connectivity index (χ4n) is 2.26. The molecule has 0 aliphatic carbocycles. The Hall–Kier alpha value is -0.530. The highest BCUT2D eigenvalue weighted by molar-refractivity contribution is 5.75. The Balaban J connectivity index is 2.26. The minimum absolute atomic E-state index is 0.193. The van der Waals surface area contributed by atoms with E-state index in [-0.39, 0.29) is 18.3 Å². The van der Waals surface area contributed by atoms with Gasteiger partial charge in [0, 0.05) is 18.9 Å². The summed E-state index contributed by atoms with van der Waals surface area (Å²) in [4.78, 5) is 10.8. The van der Waals surface area contributed by atoms with Crippen LogP contribution in [0.15, 0.2) is 0 Å². The third-order valence-corrected chi connectivity index (χ3v) is 3.64. The summed E-state index contributed by atoms with van der Waals surface area (Å²) in [6.07, 6.45) is -0.359. The first-order valence-electron chi connectivity index (χ1n) is 7.21. The van der Waals surface area contributed by atoms with Gasteiger partial charge in [-0.1, -0.05) is 13.3 Å². The average Bonchev–Trinajstić information content (AvgIpc) is 2.42. The zero-order valence-electron chi connectivity index (χ0n) is 12.2. The van der Waals surface area contributed by atoms with Crippen molar-refractivity contribution in [3.8, 4) is 0 Å². The largest absolute Gasteiger partial charge is 0.394 e. The van der Waals surface area contributed by atoms with Crippen LogP contribution in [0.4, 0.5) is 0 Å². The molecule has 6 nitrogen and oxygen atoms in total. The molecule has 1 fully saturated rings. The van der Waals surface area contributed by atoms with Gasteiger partial charge in [-0.2, -0.15) is 0 Å². The van der Waals surface area contributed by atoms with Crippen molar-refractivity contribution in [3.05, 3.63) is 0 Å². The third-order valence-electron chi connectivity index (χ3n) is 3.64. The van der Waals surface area contributed by atoms with Gasteiger partial charge in [0.15, 0.2) is 6.29 Å². The highest BCUT2D eigenvalue weighted by Crippen LogP contribution is 2.26. The van der Waals surface area contributed by atoms with E-state index in [1.54, 1.807) is 13.8 Å². The highest BCUT2D eigenvalue weighted by atomic mass is 16.7. The standard InChI is InChI=1S/C14H26O6/c1-9(16)6-4-3-5-7-19-14-10(2)12(17)13(18)11(8-15)20-14/h10-15,17-18H,3-8H2,1-2H3/t10-,11?,12?,13-,14+/m0/s1. The molecule has 0 bridgehead atoms. The van der Waals surface area contributed by atoms with Gasteiger partial charge in [0.25, 0.3) is 0 Å². The number of carbonyl (C=O) groups excluding carboxylic acids is 1. The highest BCUT2D eigenvalue weighted by Gasteiger charge is 2.42. The van der Waals surface area contributed by atoms with Crippen LogP contribution in [0.25, 0.3) is 0 Å². The van der Waals surface area contributed by atoms with E-state index in [1.807, 2.05) is 0 Å². The maximum absolute atomic E-state index is 10.8. The van der Waals surface area contributed by atoms with Crippen molar-refractivity contribution in [1.29, 1.82) is 0 Å². The molecule has 6 heteroatoms. The maximum atomic E-state index is 10.8. The van der Waals surface area contributed by atoms with Crippen LogP contribution in [0.2, 0.25) is 0 Å². The summed E-state index contributed by atoms with van der Waals surface area (Å²) in [6.45, 7) is 3.43. The third kappa shape index (κ3) is 5.10. The molecule has 0 aromatic heterocycles. The first-order chi connectivity index (χ1) is 9.47. The van der Waals surface area contributed by atoms with Crippen LogP contribution in [0, 0.1) is 5.92 Å². The van der Waals surface area contributed by atoms with Gasteiger partial charge in [-0.15, -0.1) is 0 Å². The van der Waals surface area contributed by atoms with Crippen LogP contribution in [-0.2, 0) is 14.3 Å². The van der Waals surface area contributed by atoms with Crippen LogP contribution in [0.1, 0.15) is 39.5 Å². The molecule has 3 N–H and O–H groups in total. The normalized spacial score (nSPS) is 34.1. The number of ketones is 1. The second-order valence-corrected chi connectivity index (χ2v) is 5.45. The number of hydrogen-bond donors (Lipinski definition) is 3. The summed E-state index contributed by atoms with van der Waals surface area (Å²) in [6, 6.07) is 0. The van der Waals surface area contributed by atoms with Crippen molar-refractivity contribution >= 4 is 5.78 Å². The Morgan fingerprint density at radius 2 is 1.90 bits per heavy atom. The van der Waals surface area contributed by atoms with Gasteiger partial charge in [-0.25, -0.2) is 0 Å². The predicted molar refractivity (Wildman–Crippen MR) is 72.0 cm³/mol. The monoisotopic (exact) mass is 290 g/mol. The first-order valence-corrected chi connectivity index (χ1v) is 7.21. The number of rotatable bonds is 8. The molecule has 0 saturated carbocycles.